The molecule has 0 amide bonds. The minimum atomic E-state index is 0.400. The largest absolute Gasteiger partial charge is 0.378 e. The summed E-state index contributed by atoms with van der Waals surface area (Å²) in [5.41, 5.74) is 6.81. The van der Waals surface area contributed by atoms with E-state index in [9.17, 15) is 0 Å². The van der Waals surface area contributed by atoms with E-state index in [1.54, 1.807) is 0 Å². The predicted molar refractivity (Wildman–Crippen MR) is 108 cm³/mol. The number of ether oxygens (including phenoxy) is 1. The number of aromatic nitrogens is 2. The van der Waals surface area contributed by atoms with Crippen molar-refractivity contribution >= 4 is 16.6 Å². The third-order valence-corrected chi connectivity index (χ3v) is 5.99. The van der Waals surface area contributed by atoms with Crippen LogP contribution in [-0.4, -0.2) is 54.6 Å². The molecule has 1 fully saturated rings. The first kappa shape index (κ1) is 16.8. The van der Waals surface area contributed by atoms with Crippen LogP contribution < -0.4 is 4.90 Å². The first-order valence-electron chi connectivity index (χ1n) is 9.75. The molecule has 0 bridgehead atoms. The minimum Gasteiger partial charge on any atom is -0.378 e. The standard InChI is InChI=1S/C22H26N4O/c1-24-14-18-11-19(26-7-9-27-10-8-26)5-6-20(18)21(15-24)16-3-4-17-13-23-25(2)22(17)12-16/h3-6,11-13,21H,7-10,14-15H2,1-2H3. The summed E-state index contributed by atoms with van der Waals surface area (Å²) < 4.78 is 7.47. The van der Waals surface area contributed by atoms with E-state index in [1.165, 1.54) is 33.3 Å². The van der Waals surface area contributed by atoms with Gasteiger partial charge in [-0.25, -0.2) is 0 Å². The van der Waals surface area contributed by atoms with E-state index in [2.05, 4.69) is 58.3 Å². The average Bonchev–Trinajstić information content (AvgIpc) is 3.08. The molecule has 2 aliphatic heterocycles. The van der Waals surface area contributed by atoms with Crippen LogP contribution in [0.1, 0.15) is 22.6 Å². The Morgan fingerprint density at radius 2 is 1.89 bits per heavy atom. The van der Waals surface area contributed by atoms with Crippen molar-refractivity contribution in [2.24, 2.45) is 7.05 Å². The molecule has 5 nitrogen and oxygen atoms in total. The highest BCUT2D eigenvalue weighted by molar-refractivity contribution is 5.79. The molecular weight excluding hydrogens is 336 g/mol. The lowest BCUT2D eigenvalue weighted by molar-refractivity contribution is 0.122. The Labute approximate surface area is 160 Å². The topological polar surface area (TPSA) is 33.5 Å². The molecule has 3 heterocycles. The summed E-state index contributed by atoms with van der Waals surface area (Å²) in [4.78, 5) is 4.87. The number of benzene rings is 2. The first-order valence-corrected chi connectivity index (χ1v) is 9.75. The molecule has 0 aliphatic carbocycles. The van der Waals surface area contributed by atoms with Crippen molar-refractivity contribution in [2.75, 3.05) is 44.8 Å². The fourth-order valence-electron chi connectivity index (χ4n) is 4.52. The highest BCUT2D eigenvalue weighted by Crippen LogP contribution is 2.36. The maximum Gasteiger partial charge on any atom is 0.0682 e. The van der Waals surface area contributed by atoms with Gasteiger partial charge in [-0.1, -0.05) is 18.2 Å². The third kappa shape index (κ3) is 3.01. The van der Waals surface area contributed by atoms with Gasteiger partial charge < -0.3 is 14.5 Å². The van der Waals surface area contributed by atoms with Crippen LogP contribution in [0.15, 0.2) is 42.6 Å². The zero-order valence-electron chi connectivity index (χ0n) is 16.1. The molecule has 1 atom stereocenters. The minimum absolute atomic E-state index is 0.400. The molecule has 0 saturated carbocycles. The normalized spacial score (nSPS) is 20.8. The van der Waals surface area contributed by atoms with Gasteiger partial charge in [0.15, 0.2) is 0 Å². The lowest BCUT2D eigenvalue weighted by Crippen LogP contribution is -2.36. The van der Waals surface area contributed by atoms with Gasteiger partial charge in [0.05, 0.1) is 24.9 Å². The molecule has 5 heteroatoms. The van der Waals surface area contributed by atoms with E-state index in [0.717, 1.165) is 39.4 Å². The van der Waals surface area contributed by atoms with Crippen LogP contribution in [0.2, 0.25) is 0 Å². The van der Waals surface area contributed by atoms with Gasteiger partial charge in [-0.05, 0) is 41.9 Å². The van der Waals surface area contributed by atoms with Gasteiger partial charge in [0.2, 0.25) is 0 Å². The molecule has 140 valence electrons. The summed E-state index contributed by atoms with van der Waals surface area (Å²) in [5, 5.41) is 5.60. The predicted octanol–water partition coefficient (Wildman–Crippen LogP) is 2.99. The molecule has 1 aromatic heterocycles. The van der Waals surface area contributed by atoms with Crippen LogP contribution >= 0.6 is 0 Å². The first-order chi connectivity index (χ1) is 13.2. The van der Waals surface area contributed by atoms with Gasteiger partial charge in [-0.3, -0.25) is 4.68 Å². The molecule has 0 spiro atoms. The number of likely N-dealkylation sites (N-methyl/N-ethyl adjacent to an activating group) is 1. The van der Waals surface area contributed by atoms with E-state index in [0.29, 0.717) is 5.92 Å². The quantitative estimate of drug-likeness (QED) is 0.702. The summed E-state index contributed by atoms with van der Waals surface area (Å²) in [7, 11) is 4.24. The van der Waals surface area contributed by atoms with Gasteiger partial charge in [0, 0.05) is 50.2 Å². The fraction of sp³-hybridized carbons (Fsp3) is 0.409. The molecule has 27 heavy (non-hydrogen) atoms. The Balaban J connectivity index is 1.53. The van der Waals surface area contributed by atoms with Crippen molar-refractivity contribution in [2.45, 2.75) is 12.5 Å². The van der Waals surface area contributed by atoms with Crippen molar-refractivity contribution in [1.82, 2.24) is 14.7 Å². The summed E-state index contributed by atoms with van der Waals surface area (Å²) in [6.45, 7) is 5.67. The maximum atomic E-state index is 5.51. The SMILES string of the molecule is CN1Cc2cc(N3CCOCC3)ccc2C(c2ccc3cnn(C)c3c2)C1. The highest BCUT2D eigenvalue weighted by atomic mass is 16.5. The summed E-state index contributed by atoms with van der Waals surface area (Å²) in [6, 6.07) is 13.8. The van der Waals surface area contributed by atoms with Crippen LogP contribution in [0.25, 0.3) is 10.9 Å². The molecule has 2 aromatic carbocycles. The van der Waals surface area contributed by atoms with Crippen LogP contribution in [0.4, 0.5) is 5.69 Å². The number of anilines is 1. The zero-order chi connectivity index (χ0) is 18.4. The third-order valence-electron chi connectivity index (χ3n) is 5.99. The lowest BCUT2D eigenvalue weighted by Gasteiger charge is -2.35. The summed E-state index contributed by atoms with van der Waals surface area (Å²) >= 11 is 0. The Morgan fingerprint density at radius 1 is 1.04 bits per heavy atom. The molecule has 1 unspecified atom stereocenters. The van der Waals surface area contributed by atoms with Crippen molar-refractivity contribution in [3.63, 3.8) is 0 Å². The van der Waals surface area contributed by atoms with Gasteiger partial charge in [-0.2, -0.15) is 5.10 Å². The number of hydrogen-bond acceptors (Lipinski definition) is 4. The van der Waals surface area contributed by atoms with Gasteiger partial charge in [0.25, 0.3) is 0 Å². The van der Waals surface area contributed by atoms with E-state index >= 15 is 0 Å². The van der Waals surface area contributed by atoms with Crippen molar-refractivity contribution in [3.8, 4) is 0 Å². The molecule has 3 aromatic rings. The molecule has 0 N–H and O–H groups in total. The number of hydrogen-bond donors (Lipinski definition) is 0. The summed E-state index contributed by atoms with van der Waals surface area (Å²) in [6.07, 6.45) is 1.94. The number of aryl methyl sites for hydroxylation is 1. The fourth-order valence-corrected chi connectivity index (χ4v) is 4.52. The summed E-state index contributed by atoms with van der Waals surface area (Å²) in [5.74, 6) is 0.400. The van der Waals surface area contributed by atoms with E-state index in [4.69, 9.17) is 4.74 Å². The molecule has 2 aliphatic rings. The lowest BCUT2D eigenvalue weighted by atomic mass is 9.84. The number of nitrogens with zero attached hydrogens (tertiary/aromatic N) is 4. The van der Waals surface area contributed by atoms with Gasteiger partial charge in [0.1, 0.15) is 0 Å². The van der Waals surface area contributed by atoms with E-state index in [1.807, 2.05) is 17.9 Å². The van der Waals surface area contributed by atoms with Crippen LogP contribution in [0.5, 0.6) is 0 Å². The zero-order valence-corrected chi connectivity index (χ0v) is 16.1. The van der Waals surface area contributed by atoms with Crippen LogP contribution in [0.3, 0.4) is 0 Å². The van der Waals surface area contributed by atoms with E-state index < -0.39 is 0 Å². The van der Waals surface area contributed by atoms with Gasteiger partial charge >= 0.3 is 0 Å². The maximum absolute atomic E-state index is 5.51. The highest BCUT2D eigenvalue weighted by Gasteiger charge is 2.26. The molecule has 5 rings (SSSR count). The smallest absolute Gasteiger partial charge is 0.0682 e. The Hall–Kier alpha value is -2.37. The van der Waals surface area contributed by atoms with Crippen LogP contribution in [0, 0.1) is 0 Å². The second kappa shape index (κ2) is 6.66. The Morgan fingerprint density at radius 3 is 2.74 bits per heavy atom. The number of morpholine rings is 1. The Kier molecular flexibility index (Phi) is 4.14. The second-order valence-electron chi connectivity index (χ2n) is 7.82. The monoisotopic (exact) mass is 362 g/mol. The van der Waals surface area contributed by atoms with Crippen molar-refractivity contribution in [3.05, 3.63) is 59.3 Å². The van der Waals surface area contributed by atoms with Crippen molar-refractivity contribution < 1.29 is 4.74 Å². The van der Waals surface area contributed by atoms with E-state index in [-0.39, 0.29) is 0 Å². The molecule has 1 saturated heterocycles. The second-order valence-corrected chi connectivity index (χ2v) is 7.82. The molecular formula is C22H26N4O. The molecule has 0 radical (unpaired) electrons. The Bertz CT molecular complexity index is 974. The number of rotatable bonds is 2. The van der Waals surface area contributed by atoms with Crippen LogP contribution in [-0.2, 0) is 18.3 Å². The van der Waals surface area contributed by atoms with Crippen molar-refractivity contribution in [1.29, 1.82) is 0 Å². The number of fused-ring (bicyclic) bond motifs is 2. The van der Waals surface area contributed by atoms with Gasteiger partial charge in [-0.15, -0.1) is 0 Å². The average molecular weight is 362 g/mol.